The summed E-state index contributed by atoms with van der Waals surface area (Å²) in [4.78, 5) is 24.6. The van der Waals surface area contributed by atoms with Crippen LogP contribution < -0.4 is 5.32 Å². The van der Waals surface area contributed by atoms with E-state index < -0.39 is 12.1 Å². The minimum absolute atomic E-state index is 0.0203. The van der Waals surface area contributed by atoms with Gasteiger partial charge in [0.05, 0.1) is 25.4 Å². The molecule has 0 saturated heterocycles. The zero-order chi connectivity index (χ0) is 57.8. The Balaban J connectivity index is 3.36. The fraction of sp³-hybridized carbons (Fsp3) is 0.946. The maximum atomic E-state index is 12.5. The molecule has 2 atom stereocenters. The van der Waals surface area contributed by atoms with Crippen molar-refractivity contribution in [1.82, 2.24) is 5.32 Å². The van der Waals surface area contributed by atoms with E-state index in [1.54, 1.807) is 0 Å². The molecule has 80 heavy (non-hydrogen) atoms. The first-order valence-electron chi connectivity index (χ1n) is 36.9. The number of aliphatic hydroxyl groups excluding tert-OH is 2. The summed E-state index contributed by atoms with van der Waals surface area (Å²) in [7, 11) is 0. The predicted molar refractivity (Wildman–Crippen MR) is 352 cm³/mol. The summed E-state index contributed by atoms with van der Waals surface area (Å²) in [5.41, 5.74) is 0. The van der Waals surface area contributed by atoms with Gasteiger partial charge in [-0.1, -0.05) is 373 Å². The van der Waals surface area contributed by atoms with Gasteiger partial charge in [0.25, 0.3) is 0 Å². The molecule has 0 aliphatic carbocycles. The van der Waals surface area contributed by atoms with Gasteiger partial charge in [0, 0.05) is 12.8 Å². The molecule has 6 nitrogen and oxygen atoms in total. The van der Waals surface area contributed by atoms with E-state index in [9.17, 15) is 19.8 Å². The number of unbranched alkanes of at least 4 members (excludes halogenated alkanes) is 57. The minimum atomic E-state index is -0.665. The molecule has 0 fully saturated rings. The van der Waals surface area contributed by atoms with E-state index >= 15 is 0 Å². The number of aliphatic hydroxyl groups is 2. The normalized spacial score (nSPS) is 12.5. The first-order chi connectivity index (χ1) is 39.5. The Kier molecular flexibility index (Phi) is 68.9. The molecule has 0 aromatic heterocycles. The highest BCUT2D eigenvalue weighted by Crippen LogP contribution is 2.19. The number of ether oxygens (including phenoxy) is 1. The van der Waals surface area contributed by atoms with Crippen LogP contribution in [0.4, 0.5) is 0 Å². The van der Waals surface area contributed by atoms with Gasteiger partial charge in [0.2, 0.25) is 5.91 Å². The van der Waals surface area contributed by atoms with Crippen molar-refractivity contribution in [1.29, 1.82) is 0 Å². The van der Waals surface area contributed by atoms with Crippen molar-refractivity contribution >= 4 is 11.9 Å². The third-order valence-electron chi connectivity index (χ3n) is 17.6. The number of rotatable bonds is 70. The molecule has 0 radical (unpaired) electrons. The van der Waals surface area contributed by atoms with Gasteiger partial charge < -0.3 is 20.3 Å². The lowest BCUT2D eigenvalue weighted by atomic mass is 10.0. The van der Waals surface area contributed by atoms with Crippen molar-refractivity contribution in [3.05, 3.63) is 12.2 Å². The third-order valence-corrected chi connectivity index (χ3v) is 17.6. The van der Waals surface area contributed by atoms with Crippen molar-refractivity contribution in [2.75, 3.05) is 13.2 Å². The van der Waals surface area contributed by atoms with E-state index in [4.69, 9.17) is 4.74 Å². The summed E-state index contributed by atoms with van der Waals surface area (Å²) >= 11 is 0. The minimum Gasteiger partial charge on any atom is -0.466 e. The number of esters is 1. The summed E-state index contributed by atoms with van der Waals surface area (Å²) < 4.78 is 5.51. The molecule has 3 N–H and O–H groups in total. The van der Waals surface area contributed by atoms with Crippen molar-refractivity contribution in [3.63, 3.8) is 0 Å². The zero-order valence-electron chi connectivity index (χ0n) is 54.6. The van der Waals surface area contributed by atoms with E-state index in [0.29, 0.717) is 25.9 Å². The SMILES string of the molecule is CCCCCCCCCCCCCCCCCCCCCC(O)C(CO)NC(=O)CCCCCCCCCCCCC/C=C\CCCCCCCCCCCCCCOC(=O)CCCCCCCCCCCCCCCCCCC. The molecule has 0 heterocycles. The molecule has 0 aliphatic heterocycles. The highest BCUT2D eigenvalue weighted by atomic mass is 16.5. The highest BCUT2D eigenvalue weighted by Gasteiger charge is 2.20. The summed E-state index contributed by atoms with van der Waals surface area (Å²) in [5.74, 6) is -0.0108. The van der Waals surface area contributed by atoms with Crippen LogP contribution in [0.3, 0.4) is 0 Å². The summed E-state index contributed by atoms with van der Waals surface area (Å²) in [6.45, 7) is 5.01. The van der Waals surface area contributed by atoms with Crippen LogP contribution in [0, 0.1) is 0 Å². The predicted octanol–water partition coefficient (Wildman–Crippen LogP) is 23.9. The quantitative estimate of drug-likeness (QED) is 0.0320. The van der Waals surface area contributed by atoms with Gasteiger partial charge in [-0.25, -0.2) is 0 Å². The molecule has 0 saturated carbocycles. The summed E-state index contributed by atoms with van der Waals surface area (Å²) in [5, 5.41) is 23.4. The van der Waals surface area contributed by atoms with Crippen molar-refractivity contribution in [2.24, 2.45) is 0 Å². The topological polar surface area (TPSA) is 95.9 Å². The van der Waals surface area contributed by atoms with Gasteiger partial charge in [-0.3, -0.25) is 9.59 Å². The molecule has 1 amide bonds. The van der Waals surface area contributed by atoms with Crippen LogP contribution in [0.2, 0.25) is 0 Å². The second kappa shape index (κ2) is 70.1. The third kappa shape index (κ3) is 65.7. The largest absolute Gasteiger partial charge is 0.466 e. The van der Waals surface area contributed by atoms with Gasteiger partial charge in [-0.2, -0.15) is 0 Å². The Morgan fingerprint density at radius 1 is 0.338 bits per heavy atom. The molecule has 0 spiro atoms. The van der Waals surface area contributed by atoms with Crippen molar-refractivity contribution in [3.8, 4) is 0 Å². The van der Waals surface area contributed by atoms with E-state index in [0.717, 1.165) is 38.5 Å². The Bertz CT molecular complexity index is 1210. The van der Waals surface area contributed by atoms with Crippen molar-refractivity contribution in [2.45, 2.75) is 437 Å². The Hall–Kier alpha value is -1.40. The molecule has 476 valence electrons. The Labute approximate surface area is 501 Å². The monoisotopic (exact) mass is 1130 g/mol. The average Bonchev–Trinajstić information content (AvgIpc) is 3.46. The number of carbonyl (C=O) groups is 2. The number of hydrogen-bond acceptors (Lipinski definition) is 5. The van der Waals surface area contributed by atoms with Crippen LogP contribution in [0.1, 0.15) is 425 Å². The van der Waals surface area contributed by atoms with Crippen LogP contribution in [-0.2, 0) is 14.3 Å². The fourth-order valence-corrected chi connectivity index (χ4v) is 11.9. The lowest BCUT2D eigenvalue weighted by Gasteiger charge is -2.22. The lowest BCUT2D eigenvalue weighted by molar-refractivity contribution is -0.143. The molecule has 6 heteroatoms. The first kappa shape index (κ1) is 78.6. The van der Waals surface area contributed by atoms with Crippen LogP contribution in [0.15, 0.2) is 12.2 Å². The maximum absolute atomic E-state index is 12.5. The van der Waals surface area contributed by atoms with Crippen LogP contribution in [0.25, 0.3) is 0 Å². The van der Waals surface area contributed by atoms with E-state index in [1.807, 2.05) is 0 Å². The lowest BCUT2D eigenvalue weighted by Crippen LogP contribution is -2.45. The molecule has 0 bridgehead atoms. The van der Waals surface area contributed by atoms with Crippen LogP contribution in [-0.4, -0.2) is 47.4 Å². The average molecular weight is 1130 g/mol. The molecule has 2 unspecified atom stereocenters. The molecular weight excluding hydrogens is 983 g/mol. The Morgan fingerprint density at radius 2 is 0.588 bits per heavy atom. The van der Waals surface area contributed by atoms with E-state index in [2.05, 4.69) is 31.3 Å². The second-order valence-electron chi connectivity index (χ2n) is 25.6. The smallest absolute Gasteiger partial charge is 0.305 e. The number of allylic oxidation sites excluding steroid dienone is 2. The standard InChI is InChI=1S/C74H145NO5/c1-3-5-7-9-11-13-15-17-19-21-31-35-38-42-46-50-54-58-62-66-72(77)71(70-76)75-73(78)67-63-59-55-51-47-43-39-36-32-29-27-25-23-22-24-26-28-30-33-37-41-45-49-53-57-61-65-69-80-74(79)68-64-60-56-52-48-44-40-34-20-18-16-14-12-10-8-6-4-2/h22-23,71-72,76-77H,3-21,24-70H2,1-2H3,(H,75,78)/b23-22-. The van der Waals surface area contributed by atoms with Gasteiger partial charge in [0.15, 0.2) is 0 Å². The highest BCUT2D eigenvalue weighted by molar-refractivity contribution is 5.76. The van der Waals surface area contributed by atoms with Gasteiger partial charge >= 0.3 is 5.97 Å². The van der Waals surface area contributed by atoms with E-state index in [1.165, 1.54) is 353 Å². The summed E-state index contributed by atoms with van der Waals surface area (Å²) in [6.07, 6.45) is 87.0. The second-order valence-corrected chi connectivity index (χ2v) is 25.6. The molecule has 0 aliphatic rings. The molecule has 0 rings (SSSR count). The number of amides is 1. The van der Waals surface area contributed by atoms with Crippen LogP contribution in [0.5, 0.6) is 0 Å². The van der Waals surface area contributed by atoms with Gasteiger partial charge in [-0.15, -0.1) is 0 Å². The molecule has 0 aromatic rings. The fourth-order valence-electron chi connectivity index (χ4n) is 11.9. The molecular formula is C74H145NO5. The zero-order valence-corrected chi connectivity index (χ0v) is 54.6. The summed E-state index contributed by atoms with van der Waals surface area (Å²) in [6, 6.07) is -0.542. The van der Waals surface area contributed by atoms with Gasteiger partial charge in [-0.05, 0) is 51.4 Å². The maximum Gasteiger partial charge on any atom is 0.305 e. The first-order valence-corrected chi connectivity index (χ1v) is 36.9. The number of hydrogen-bond donors (Lipinski definition) is 3. The van der Waals surface area contributed by atoms with Crippen molar-refractivity contribution < 1.29 is 24.5 Å². The Morgan fingerprint density at radius 3 is 0.887 bits per heavy atom. The van der Waals surface area contributed by atoms with Gasteiger partial charge in [0.1, 0.15) is 0 Å². The van der Waals surface area contributed by atoms with Crippen LogP contribution >= 0.6 is 0 Å². The number of nitrogens with one attached hydrogen (secondary N) is 1. The number of carbonyl (C=O) groups excluding carboxylic acids is 2. The van der Waals surface area contributed by atoms with E-state index in [-0.39, 0.29) is 18.5 Å². The molecule has 0 aromatic carbocycles.